The van der Waals surface area contributed by atoms with E-state index in [2.05, 4.69) is 4.98 Å². The van der Waals surface area contributed by atoms with Crippen molar-refractivity contribution in [2.75, 3.05) is 13.2 Å². The van der Waals surface area contributed by atoms with Crippen LogP contribution in [0.15, 0.2) is 21.9 Å². The largest absolute Gasteiger partial charge is 0.389 e. The number of hydrogen-bond acceptors (Lipinski definition) is 5. The van der Waals surface area contributed by atoms with Gasteiger partial charge in [-0.2, -0.15) is 0 Å². The van der Waals surface area contributed by atoms with Crippen LogP contribution in [-0.2, 0) is 9.47 Å². The summed E-state index contributed by atoms with van der Waals surface area (Å²) >= 11 is 0. The lowest BCUT2D eigenvalue weighted by Gasteiger charge is -2.31. The molecule has 0 radical (unpaired) electrons. The zero-order valence-electron chi connectivity index (χ0n) is 9.83. The van der Waals surface area contributed by atoms with Crippen molar-refractivity contribution in [2.24, 2.45) is 5.92 Å². The fraction of sp³-hybridized carbons (Fsp3) is 0.636. The molecule has 98 valence electrons. The van der Waals surface area contributed by atoms with Gasteiger partial charge < -0.3 is 14.6 Å². The Morgan fingerprint density at radius 2 is 2.33 bits per heavy atom. The molecule has 2 unspecified atom stereocenters. The van der Waals surface area contributed by atoms with Gasteiger partial charge in [0.15, 0.2) is 0 Å². The maximum Gasteiger partial charge on any atom is 0.330 e. The van der Waals surface area contributed by atoms with E-state index in [4.69, 9.17) is 9.47 Å². The number of nitrogens with one attached hydrogen (secondary N) is 1. The van der Waals surface area contributed by atoms with Gasteiger partial charge in [0.2, 0.25) is 0 Å². The minimum absolute atomic E-state index is 0.291. The van der Waals surface area contributed by atoms with E-state index in [-0.39, 0.29) is 5.92 Å². The smallest absolute Gasteiger partial charge is 0.330 e. The van der Waals surface area contributed by atoms with Crippen molar-refractivity contribution in [2.45, 2.75) is 24.9 Å². The number of rotatable bonds is 1. The van der Waals surface area contributed by atoms with Crippen LogP contribution < -0.4 is 11.2 Å². The molecule has 2 aliphatic rings. The van der Waals surface area contributed by atoms with Crippen LogP contribution in [0.1, 0.15) is 13.2 Å². The number of H-pyrrole nitrogens is 1. The number of aliphatic hydroxyl groups excluding tert-OH is 1. The molecule has 18 heavy (non-hydrogen) atoms. The van der Waals surface area contributed by atoms with E-state index in [9.17, 15) is 14.7 Å². The predicted molar refractivity (Wildman–Crippen MR) is 60.2 cm³/mol. The molecule has 0 amide bonds. The third-order valence-electron chi connectivity index (χ3n) is 3.61. The van der Waals surface area contributed by atoms with Gasteiger partial charge in [-0.1, -0.05) is 0 Å². The number of fused-ring (bicyclic) bond motifs is 2. The van der Waals surface area contributed by atoms with Crippen molar-refractivity contribution < 1.29 is 14.6 Å². The molecule has 1 aromatic heterocycles. The third kappa shape index (κ3) is 1.55. The van der Waals surface area contributed by atoms with Crippen molar-refractivity contribution in [3.05, 3.63) is 33.1 Å². The van der Waals surface area contributed by atoms with Crippen molar-refractivity contribution >= 4 is 0 Å². The number of aromatic nitrogens is 2. The van der Waals surface area contributed by atoms with Gasteiger partial charge in [-0.25, -0.2) is 4.79 Å². The average Bonchev–Trinajstić information content (AvgIpc) is 2.47. The highest BCUT2D eigenvalue weighted by molar-refractivity contribution is 5.01. The molecule has 2 aliphatic heterocycles. The summed E-state index contributed by atoms with van der Waals surface area (Å²) in [6.45, 7) is 2.37. The summed E-state index contributed by atoms with van der Waals surface area (Å²) < 4.78 is 12.4. The van der Waals surface area contributed by atoms with Crippen LogP contribution in [0, 0.1) is 5.92 Å². The van der Waals surface area contributed by atoms with Gasteiger partial charge in [-0.15, -0.1) is 0 Å². The monoisotopic (exact) mass is 254 g/mol. The van der Waals surface area contributed by atoms with Crippen LogP contribution in [-0.4, -0.2) is 39.6 Å². The molecule has 2 fully saturated rings. The summed E-state index contributed by atoms with van der Waals surface area (Å²) in [4.78, 5) is 24.9. The second-order valence-corrected chi connectivity index (χ2v) is 4.96. The molecule has 2 N–H and O–H groups in total. The third-order valence-corrected chi connectivity index (χ3v) is 3.61. The first-order valence-corrected chi connectivity index (χ1v) is 5.76. The second-order valence-electron chi connectivity index (χ2n) is 4.96. The standard InChI is InChI=1S/C11H14N2O5/c1-11-5-17-4-6(8(11)15)9(18-11)13-3-2-7(14)12-10(13)16/h2-3,6,8-9,15H,4-5H2,1H3,(H,12,14,16)/t6?,8?,9-,11+/m1/s1. The Hall–Kier alpha value is -1.44. The maximum absolute atomic E-state index is 11.7. The Labute approximate surface area is 102 Å². The normalized spacial score (nSPS) is 38.9. The van der Waals surface area contributed by atoms with Crippen LogP contribution in [0.3, 0.4) is 0 Å². The van der Waals surface area contributed by atoms with Gasteiger partial charge in [-0.3, -0.25) is 14.3 Å². The fourth-order valence-electron chi connectivity index (χ4n) is 2.62. The lowest BCUT2D eigenvalue weighted by Crippen LogP contribution is -2.47. The summed E-state index contributed by atoms with van der Waals surface area (Å²) in [7, 11) is 0. The summed E-state index contributed by atoms with van der Waals surface area (Å²) in [5.41, 5.74) is -1.81. The van der Waals surface area contributed by atoms with Crippen molar-refractivity contribution in [3.63, 3.8) is 0 Å². The highest BCUT2D eigenvalue weighted by Gasteiger charge is 2.55. The highest BCUT2D eigenvalue weighted by atomic mass is 16.6. The number of nitrogens with zero attached hydrogens (tertiary/aromatic N) is 1. The minimum Gasteiger partial charge on any atom is -0.389 e. The lowest BCUT2D eigenvalue weighted by atomic mass is 9.90. The molecule has 3 heterocycles. The quantitative estimate of drug-likeness (QED) is 0.658. The predicted octanol–water partition coefficient (Wildman–Crippen LogP) is -1.17. The van der Waals surface area contributed by atoms with E-state index in [0.29, 0.717) is 13.2 Å². The summed E-state index contributed by atoms with van der Waals surface area (Å²) in [5, 5.41) is 10.2. The summed E-state index contributed by atoms with van der Waals surface area (Å²) in [6, 6.07) is 1.25. The number of aromatic amines is 1. The molecule has 0 aliphatic carbocycles. The summed E-state index contributed by atoms with van der Waals surface area (Å²) in [5.74, 6) is -0.313. The van der Waals surface area contributed by atoms with Crippen LogP contribution in [0.4, 0.5) is 0 Å². The number of ether oxygens (including phenoxy) is 2. The number of hydrogen-bond donors (Lipinski definition) is 2. The van der Waals surface area contributed by atoms with Crippen LogP contribution in [0.2, 0.25) is 0 Å². The molecule has 4 atom stereocenters. The Morgan fingerprint density at radius 1 is 1.56 bits per heavy atom. The molecular weight excluding hydrogens is 240 g/mol. The Bertz CT molecular complexity index is 579. The van der Waals surface area contributed by atoms with Gasteiger partial charge in [0.05, 0.1) is 25.2 Å². The van der Waals surface area contributed by atoms with E-state index < -0.39 is 29.2 Å². The average molecular weight is 254 g/mol. The second kappa shape index (κ2) is 3.78. The SMILES string of the molecule is C[C@]12COCC(C1O)[C@H](n1ccc(=O)[nH]c1=O)O2. The molecule has 2 saturated heterocycles. The molecular formula is C11H14N2O5. The Balaban J connectivity index is 2.03. The topological polar surface area (TPSA) is 93.5 Å². The van der Waals surface area contributed by atoms with Crippen LogP contribution in [0.5, 0.6) is 0 Å². The minimum atomic E-state index is -0.802. The fourth-order valence-corrected chi connectivity index (χ4v) is 2.62. The Morgan fingerprint density at radius 3 is 3.00 bits per heavy atom. The van der Waals surface area contributed by atoms with Crippen molar-refractivity contribution in [1.29, 1.82) is 0 Å². The van der Waals surface area contributed by atoms with Gasteiger partial charge in [0, 0.05) is 12.3 Å². The van der Waals surface area contributed by atoms with Gasteiger partial charge in [0.25, 0.3) is 5.56 Å². The molecule has 1 aromatic rings. The molecule has 0 aromatic carbocycles. The zero-order chi connectivity index (χ0) is 12.9. The van der Waals surface area contributed by atoms with E-state index in [1.54, 1.807) is 6.92 Å². The molecule has 7 heteroatoms. The maximum atomic E-state index is 11.7. The first-order chi connectivity index (χ1) is 8.51. The molecule has 3 rings (SSSR count). The molecule has 0 spiro atoms. The highest BCUT2D eigenvalue weighted by Crippen LogP contribution is 2.43. The van der Waals surface area contributed by atoms with Gasteiger partial charge >= 0.3 is 5.69 Å². The Kier molecular flexibility index (Phi) is 2.44. The molecule has 7 nitrogen and oxygen atoms in total. The zero-order valence-corrected chi connectivity index (χ0v) is 9.83. The van der Waals surface area contributed by atoms with E-state index in [0.717, 1.165) is 0 Å². The van der Waals surface area contributed by atoms with Crippen LogP contribution in [0.25, 0.3) is 0 Å². The van der Waals surface area contributed by atoms with Gasteiger partial charge in [-0.05, 0) is 6.92 Å². The van der Waals surface area contributed by atoms with E-state index >= 15 is 0 Å². The van der Waals surface area contributed by atoms with Gasteiger partial charge in [0.1, 0.15) is 11.8 Å². The van der Waals surface area contributed by atoms with E-state index in [1.165, 1.54) is 16.8 Å². The van der Waals surface area contributed by atoms with E-state index in [1.807, 2.05) is 0 Å². The van der Waals surface area contributed by atoms with Crippen molar-refractivity contribution in [3.8, 4) is 0 Å². The van der Waals surface area contributed by atoms with Crippen LogP contribution >= 0.6 is 0 Å². The first-order valence-electron chi connectivity index (χ1n) is 5.76. The lowest BCUT2D eigenvalue weighted by molar-refractivity contribution is -0.132. The summed E-state index contributed by atoms with van der Waals surface area (Å²) in [6.07, 6.45) is 0.0785. The molecule has 0 saturated carbocycles. The number of aliphatic hydroxyl groups is 1. The molecule has 2 bridgehead atoms. The van der Waals surface area contributed by atoms with Crippen molar-refractivity contribution in [1.82, 2.24) is 9.55 Å². The first kappa shape index (κ1) is 11.6.